The van der Waals surface area contributed by atoms with Crippen molar-refractivity contribution in [3.05, 3.63) is 59.2 Å². The van der Waals surface area contributed by atoms with Crippen molar-refractivity contribution in [2.75, 3.05) is 11.4 Å². The normalized spacial score (nSPS) is 14.8. The third kappa shape index (κ3) is 2.44. The van der Waals surface area contributed by atoms with Crippen LogP contribution in [0.1, 0.15) is 29.5 Å². The van der Waals surface area contributed by atoms with Crippen molar-refractivity contribution < 1.29 is 0 Å². The lowest BCUT2D eigenvalue weighted by Gasteiger charge is -2.26. The molecule has 0 aromatic heterocycles. The van der Waals surface area contributed by atoms with Gasteiger partial charge in [0.2, 0.25) is 0 Å². The van der Waals surface area contributed by atoms with Gasteiger partial charge in [-0.2, -0.15) is 0 Å². The van der Waals surface area contributed by atoms with Gasteiger partial charge in [0.25, 0.3) is 0 Å². The molecule has 1 aliphatic rings. The minimum Gasteiger partial charge on any atom is -0.341 e. The molecule has 20 heavy (non-hydrogen) atoms. The van der Waals surface area contributed by atoms with E-state index >= 15 is 0 Å². The molecule has 2 heteroatoms. The van der Waals surface area contributed by atoms with Crippen molar-refractivity contribution in [1.29, 1.82) is 0 Å². The number of para-hydroxylation sites is 1. The number of rotatable bonds is 2. The monoisotopic (exact) mass is 266 g/mol. The number of fused-ring (bicyclic) bond motifs is 1. The third-order valence-corrected chi connectivity index (χ3v) is 4.22. The Morgan fingerprint density at radius 1 is 1.10 bits per heavy atom. The van der Waals surface area contributed by atoms with Crippen molar-refractivity contribution in [2.45, 2.75) is 32.7 Å². The quantitative estimate of drug-likeness (QED) is 0.892. The molecule has 0 atom stereocenters. The number of hydrogen-bond donors (Lipinski definition) is 1. The summed E-state index contributed by atoms with van der Waals surface area (Å²) in [6.07, 6.45) is 3.70. The Balaban J connectivity index is 2.03. The minimum atomic E-state index is 0.614. The van der Waals surface area contributed by atoms with Gasteiger partial charge in [-0.05, 0) is 61.1 Å². The molecule has 1 aliphatic heterocycles. The van der Waals surface area contributed by atoms with Crippen LogP contribution in [0.5, 0.6) is 0 Å². The molecule has 0 radical (unpaired) electrons. The summed E-state index contributed by atoms with van der Waals surface area (Å²) in [5.74, 6) is 0. The molecule has 0 amide bonds. The molecule has 2 aromatic carbocycles. The van der Waals surface area contributed by atoms with E-state index in [1.54, 1.807) is 0 Å². The lowest BCUT2D eigenvalue weighted by Crippen LogP contribution is -2.18. The maximum atomic E-state index is 5.77. The molecule has 0 bridgehead atoms. The van der Waals surface area contributed by atoms with Crippen LogP contribution in [0.25, 0.3) is 0 Å². The van der Waals surface area contributed by atoms with Crippen molar-refractivity contribution in [3.8, 4) is 0 Å². The third-order valence-electron chi connectivity index (χ3n) is 4.22. The summed E-state index contributed by atoms with van der Waals surface area (Å²) in [7, 11) is 0. The Morgan fingerprint density at radius 3 is 2.75 bits per heavy atom. The first-order valence-corrected chi connectivity index (χ1v) is 7.44. The van der Waals surface area contributed by atoms with Crippen molar-refractivity contribution >= 4 is 11.4 Å². The Kier molecular flexibility index (Phi) is 3.75. The van der Waals surface area contributed by atoms with E-state index in [9.17, 15) is 0 Å². The lowest BCUT2D eigenvalue weighted by atomic mass is 10.1. The molecule has 0 spiro atoms. The summed E-state index contributed by atoms with van der Waals surface area (Å²) in [5.41, 5.74) is 12.4. The van der Waals surface area contributed by atoms with Crippen LogP contribution in [0.15, 0.2) is 42.5 Å². The Hall–Kier alpha value is -1.80. The van der Waals surface area contributed by atoms with E-state index in [1.165, 1.54) is 47.3 Å². The Morgan fingerprint density at radius 2 is 1.95 bits per heavy atom. The number of hydrogen-bond acceptors (Lipinski definition) is 2. The second-order valence-electron chi connectivity index (χ2n) is 5.55. The van der Waals surface area contributed by atoms with E-state index in [0.717, 1.165) is 6.54 Å². The molecular weight excluding hydrogens is 244 g/mol. The number of nitrogens with zero attached hydrogens (tertiary/aromatic N) is 1. The van der Waals surface area contributed by atoms with Gasteiger partial charge in [0.15, 0.2) is 0 Å². The molecule has 0 fully saturated rings. The Bertz CT molecular complexity index is 604. The summed E-state index contributed by atoms with van der Waals surface area (Å²) in [4.78, 5) is 2.45. The molecule has 0 aliphatic carbocycles. The molecule has 3 rings (SSSR count). The predicted octanol–water partition coefficient (Wildman–Crippen LogP) is 3.93. The highest BCUT2D eigenvalue weighted by Gasteiger charge is 2.16. The molecule has 1 heterocycles. The predicted molar refractivity (Wildman–Crippen MR) is 85.5 cm³/mol. The number of benzene rings is 2. The largest absolute Gasteiger partial charge is 0.341 e. The summed E-state index contributed by atoms with van der Waals surface area (Å²) in [6, 6.07) is 15.4. The van der Waals surface area contributed by atoms with Crippen LogP contribution in [0.3, 0.4) is 0 Å². The van der Waals surface area contributed by atoms with Crippen LogP contribution in [-0.2, 0) is 13.0 Å². The maximum absolute atomic E-state index is 5.77. The van der Waals surface area contributed by atoms with Gasteiger partial charge in [-0.1, -0.05) is 24.3 Å². The summed E-state index contributed by atoms with van der Waals surface area (Å²) in [5, 5.41) is 0. The van der Waals surface area contributed by atoms with Crippen LogP contribution >= 0.6 is 0 Å². The topological polar surface area (TPSA) is 29.3 Å². The molecule has 2 N–H and O–H groups in total. The minimum absolute atomic E-state index is 0.614. The number of nitrogens with two attached hydrogens (primary N) is 1. The zero-order valence-electron chi connectivity index (χ0n) is 12.1. The highest BCUT2D eigenvalue weighted by Crippen LogP contribution is 2.33. The van der Waals surface area contributed by atoms with E-state index in [2.05, 4.69) is 54.3 Å². The van der Waals surface area contributed by atoms with E-state index in [4.69, 9.17) is 5.73 Å². The van der Waals surface area contributed by atoms with Gasteiger partial charge in [0.1, 0.15) is 0 Å². The first kappa shape index (κ1) is 13.2. The molecule has 2 nitrogen and oxygen atoms in total. The van der Waals surface area contributed by atoms with Gasteiger partial charge in [0, 0.05) is 24.5 Å². The molecular formula is C18H22N2. The zero-order chi connectivity index (χ0) is 13.9. The van der Waals surface area contributed by atoms with Crippen molar-refractivity contribution in [1.82, 2.24) is 0 Å². The highest BCUT2D eigenvalue weighted by atomic mass is 15.1. The zero-order valence-corrected chi connectivity index (χ0v) is 12.1. The first-order chi connectivity index (χ1) is 9.79. The second kappa shape index (κ2) is 5.68. The van der Waals surface area contributed by atoms with Gasteiger partial charge in [-0.15, -0.1) is 0 Å². The molecule has 2 aromatic rings. The second-order valence-corrected chi connectivity index (χ2v) is 5.55. The van der Waals surface area contributed by atoms with Crippen molar-refractivity contribution in [3.63, 3.8) is 0 Å². The van der Waals surface area contributed by atoms with Gasteiger partial charge in [-0.3, -0.25) is 0 Å². The van der Waals surface area contributed by atoms with E-state index < -0.39 is 0 Å². The van der Waals surface area contributed by atoms with Gasteiger partial charge < -0.3 is 10.6 Å². The van der Waals surface area contributed by atoms with E-state index in [1.807, 2.05) is 0 Å². The van der Waals surface area contributed by atoms with Gasteiger partial charge in [0.05, 0.1) is 0 Å². The molecule has 104 valence electrons. The van der Waals surface area contributed by atoms with Gasteiger partial charge in [-0.25, -0.2) is 0 Å². The Labute approximate surface area is 121 Å². The fraction of sp³-hybridized carbons (Fsp3) is 0.333. The van der Waals surface area contributed by atoms with Crippen LogP contribution in [-0.4, -0.2) is 6.54 Å². The molecule has 0 saturated heterocycles. The van der Waals surface area contributed by atoms with Crippen LogP contribution in [0.2, 0.25) is 0 Å². The van der Waals surface area contributed by atoms with E-state index in [-0.39, 0.29) is 0 Å². The number of anilines is 2. The fourth-order valence-corrected chi connectivity index (χ4v) is 3.04. The standard InChI is InChI=1S/C18H22N2/c1-14-12-17(10-9-16(14)13-19)20-11-5-4-7-15-6-2-3-8-18(15)20/h2-3,6,8-10,12H,4-5,7,11,13,19H2,1H3. The highest BCUT2D eigenvalue weighted by molar-refractivity contribution is 5.68. The first-order valence-electron chi connectivity index (χ1n) is 7.44. The SMILES string of the molecule is Cc1cc(N2CCCCc3ccccc32)ccc1CN. The molecule has 0 saturated carbocycles. The average Bonchev–Trinajstić information content (AvgIpc) is 2.69. The van der Waals surface area contributed by atoms with Crippen LogP contribution in [0.4, 0.5) is 11.4 Å². The average molecular weight is 266 g/mol. The number of aryl methyl sites for hydroxylation is 2. The smallest absolute Gasteiger partial charge is 0.0443 e. The van der Waals surface area contributed by atoms with Crippen LogP contribution in [0, 0.1) is 6.92 Å². The van der Waals surface area contributed by atoms with Crippen molar-refractivity contribution in [2.24, 2.45) is 5.73 Å². The maximum Gasteiger partial charge on any atom is 0.0443 e. The fourth-order valence-electron chi connectivity index (χ4n) is 3.04. The van der Waals surface area contributed by atoms with Crippen LogP contribution < -0.4 is 10.6 Å². The lowest BCUT2D eigenvalue weighted by molar-refractivity contribution is 0.761. The summed E-state index contributed by atoms with van der Waals surface area (Å²) in [6.45, 7) is 3.86. The van der Waals surface area contributed by atoms with Gasteiger partial charge >= 0.3 is 0 Å². The summed E-state index contributed by atoms with van der Waals surface area (Å²) < 4.78 is 0. The van der Waals surface area contributed by atoms with E-state index in [0.29, 0.717) is 6.54 Å². The summed E-state index contributed by atoms with van der Waals surface area (Å²) >= 11 is 0. The molecule has 0 unspecified atom stereocenters.